The quantitative estimate of drug-likeness (QED) is 0.260. The molecular weight excluding hydrogens is 507 g/mol. The van der Waals surface area contributed by atoms with Gasteiger partial charge in [0.2, 0.25) is 0 Å². The lowest BCUT2D eigenvalue weighted by Gasteiger charge is -2.39. The van der Waals surface area contributed by atoms with E-state index in [9.17, 15) is 9.90 Å². The Bertz CT molecular complexity index is 1180. The molecular formula is C30H36Cl2N2O3. The first kappa shape index (κ1) is 27.7. The number of hydrogen-bond donors (Lipinski definition) is 1. The number of carbonyl (C=O) groups is 1. The van der Waals surface area contributed by atoms with E-state index in [1.54, 1.807) is 7.11 Å². The van der Waals surface area contributed by atoms with Gasteiger partial charge >= 0.3 is 5.97 Å². The largest absolute Gasteiger partial charge is 0.497 e. The fourth-order valence-electron chi connectivity index (χ4n) is 5.71. The van der Waals surface area contributed by atoms with Crippen molar-refractivity contribution in [2.45, 2.75) is 51.4 Å². The van der Waals surface area contributed by atoms with Gasteiger partial charge in [-0.3, -0.25) is 9.78 Å². The Balaban J connectivity index is 1.32. The lowest BCUT2D eigenvalue weighted by atomic mass is 9.79. The number of halogens is 2. The summed E-state index contributed by atoms with van der Waals surface area (Å²) in [7, 11) is 1.69. The van der Waals surface area contributed by atoms with Crippen molar-refractivity contribution in [1.82, 2.24) is 9.88 Å². The fraction of sp³-hybridized carbons (Fsp3) is 0.467. The minimum atomic E-state index is -0.707. The number of aliphatic carboxylic acids is 1. The highest BCUT2D eigenvalue weighted by atomic mass is 35.5. The molecule has 0 amide bonds. The summed E-state index contributed by atoms with van der Waals surface area (Å²) in [6.45, 7) is 2.99. The molecule has 1 fully saturated rings. The Morgan fingerprint density at radius 2 is 1.89 bits per heavy atom. The zero-order valence-electron chi connectivity index (χ0n) is 21.5. The molecule has 2 aromatic carbocycles. The van der Waals surface area contributed by atoms with Crippen LogP contribution in [0, 0.1) is 11.8 Å². The first-order valence-corrected chi connectivity index (χ1v) is 14.0. The smallest absolute Gasteiger partial charge is 0.303 e. The minimum Gasteiger partial charge on any atom is -0.497 e. The van der Waals surface area contributed by atoms with Gasteiger partial charge in [0, 0.05) is 34.6 Å². The highest BCUT2D eigenvalue weighted by Gasteiger charge is 2.29. The van der Waals surface area contributed by atoms with Crippen molar-refractivity contribution in [3.05, 3.63) is 69.8 Å². The van der Waals surface area contributed by atoms with Gasteiger partial charge < -0.3 is 14.7 Å². The second-order valence-electron chi connectivity index (χ2n) is 10.1. The standard InChI is InChI=1S/C30H36Cl2N2O3/c1-37-24-11-12-29-26(19-24)22(14-16-33-29)6-2-5-21-15-18-34(20-23(21)10-13-30(35)36)17-4-7-25-27(31)8-3-9-28(25)32/h3,8-9,11-12,14,16,19,21,23H,2,4-7,10,13,15,17-18,20H2,1H3,(H,35,36). The average molecular weight is 544 g/mol. The number of benzene rings is 2. The molecule has 1 N–H and O–H groups in total. The molecule has 1 aliphatic heterocycles. The van der Waals surface area contributed by atoms with Gasteiger partial charge in [-0.2, -0.15) is 0 Å². The van der Waals surface area contributed by atoms with Crippen LogP contribution in [0.3, 0.4) is 0 Å². The Morgan fingerprint density at radius 3 is 2.65 bits per heavy atom. The third kappa shape index (κ3) is 7.59. The summed E-state index contributed by atoms with van der Waals surface area (Å²) in [5, 5.41) is 11.9. The van der Waals surface area contributed by atoms with Crippen LogP contribution in [0.25, 0.3) is 10.9 Å². The van der Waals surface area contributed by atoms with Crippen LogP contribution in [0.2, 0.25) is 10.0 Å². The predicted molar refractivity (Wildman–Crippen MR) is 151 cm³/mol. The van der Waals surface area contributed by atoms with E-state index < -0.39 is 5.97 Å². The summed E-state index contributed by atoms with van der Waals surface area (Å²) in [5.74, 6) is 1.10. The van der Waals surface area contributed by atoms with Crippen LogP contribution in [0.1, 0.15) is 49.7 Å². The van der Waals surface area contributed by atoms with Crippen LogP contribution in [-0.2, 0) is 17.6 Å². The van der Waals surface area contributed by atoms with E-state index in [0.717, 1.165) is 96.8 Å². The van der Waals surface area contributed by atoms with Gasteiger partial charge in [-0.15, -0.1) is 0 Å². The van der Waals surface area contributed by atoms with Crippen molar-refractivity contribution in [2.75, 3.05) is 26.7 Å². The van der Waals surface area contributed by atoms with Gasteiger partial charge in [0.15, 0.2) is 0 Å². The molecule has 1 aromatic heterocycles. The van der Waals surface area contributed by atoms with E-state index in [-0.39, 0.29) is 6.42 Å². The van der Waals surface area contributed by atoms with Crippen LogP contribution in [-0.4, -0.2) is 47.7 Å². The van der Waals surface area contributed by atoms with Crippen molar-refractivity contribution in [2.24, 2.45) is 11.8 Å². The number of aromatic nitrogens is 1. The van der Waals surface area contributed by atoms with Gasteiger partial charge in [-0.25, -0.2) is 0 Å². The third-order valence-corrected chi connectivity index (χ3v) is 8.44. The van der Waals surface area contributed by atoms with E-state index in [0.29, 0.717) is 11.8 Å². The van der Waals surface area contributed by atoms with E-state index in [1.165, 1.54) is 5.56 Å². The molecule has 2 heterocycles. The molecule has 2 atom stereocenters. The van der Waals surface area contributed by atoms with Crippen molar-refractivity contribution in [3.63, 3.8) is 0 Å². The molecule has 0 bridgehead atoms. The molecule has 5 nitrogen and oxygen atoms in total. The van der Waals surface area contributed by atoms with Crippen molar-refractivity contribution in [1.29, 1.82) is 0 Å². The highest BCUT2D eigenvalue weighted by molar-refractivity contribution is 6.35. The SMILES string of the molecule is COc1ccc2nccc(CCCC3CCN(CCCc4c(Cl)cccc4Cl)CC3CCC(=O)O)c2c1. The molecule has 0 spiro atoms. The number of aryl methyl sites for hydroxylation is 1. The van der Waals surface area contributed by atoms with E-state index >= 15 is 0 Å². The normalized spacial score (nSPS) is 18.2. The Hall–Kier alpha value is -2.34. The molecule has 0 saturated carbocycles. The molecule has 2 unspecified atom stereocenters. The second-order valence-corrected chi connectivity index (χ2v) is 10.9. The van der Waals surface area contributed by atoms with Crippen LogP contribution in [0.5, 0.6) is 5.75 Å². The number of ether oxygens (including phenoxy) is 1. The number of nitrogens with zero attached hydrogens (tertiary/aromatic N) is 2. The van der Waals surface area contributed by atoms with Crippen molar-refractivity contribution < 1.29 is 14.6 Å². The van der Waals surface area contributed by atoms with E-state index in [4.69, 9.17) is 27.9 Å². The second kappa shape index (κ2) is 13.5. The van der Waals surface area contributed by atoms with Crippen LogP contribution < -0.4 is 4.74 Å². The summed E-state index contributed by atoms with van der Waals surface area (Å²) in [6, 6.07) is 13.8. The number of methoxy groups -OCH3 is 1. The first-order chi connectivity index (χ1) is 17.9. The van der Waals surface area contributed by atoms with Crippen LogP contribution in [0.15, 0.2) is 48.7 Å². The van der Waals surface area contributed by atoms with Gasteiger partial charge in [-0.1, -0.05) is 29.3 Å². The number of hydrogen-bond acceptors (Lipinski definition) is 4. The van der Waals surface area contributed by atoms with Gasteiger partial charge in [-0.05, 0) is 117 Å². The van der Waals surface area contributed by atoms with Crippen molar-refractivity contribution in [3.8, 4) is 5.75 Å². The molecule has 7 heteroatoms. The van der Waals surface area contributed by atoms with Crippen LogP contribution >= 0.6 is 23.2 Å². The Morgan fingerprint density at radius 1 is 1.08 bits per heavy atom. The number of rotatable bonds is 12. The molecule has 1 aliphatic rings. The minimum absolute atomic E-state index is 0.235. The zero-order valence-corrected chi connectivity index (χ0v) is 23.0. The molecule has 4 rings (SSSR count). The lowest BCUT2D eigenvalue weighted by molar-refractivity contribution is -0.137. The monoisotopic (exact) mass is 542 g/mol. The van der Waals surface area contributed by atoms with Gasteiger partial charge in [0.25, 0.3) is 0 Å². The molecule has 0 aliphatic carbocycles. The molecule has 3 aromatic rings. The molecule has 0 radical (unpaired) electrons. The maximum absolute atomic E-state index is 11.3. The summed E-state index contributed by atoms with van der Waals surface area (Å²) >= 11 is 12.7. The fourth-order valence-corrected chi connectivity index (χ4v) is 6.29. The topological polar surface area (TPSA) is 62.7 Å². The molecule has 198 valence electrons. The number of likely N-dealkylation sites (tertiary alicyclic amines) is 1. The molecule has 1 saturated heterocycles. The average Bonchev–Trinajstić information content (AvgIpc) is 2.89. The lowest BCUT2D eigenvalue weighted by Crippen LogP contribution is -2.41. The number of carboxylic acids is 1. The third-order valence-electron chi connectivity index (χ3n) is 7.73. The van der Waals surface area contributed by atoms with Gasteiger partial charge in [0.1, 0.15) is 5.75 Å². The predicted octanol–water partition coefficient (Wildman–Crippen LogP) is 7.31. The molecule has 37 heavy (non-hydrogen) atoms. The number of piperidine rings is 1. The first-order valence-electron chi connectivity index (χ1n) is 13.2. The highest BCUT2D eigenvalue weighted by Crippen LogP contribution is 2.33. The zero-order chi connectivity index (χ0) is 26.2. The van der Waals surface area contributed by atoms with Gasteiger partial charge in [0.05, 0.1) is 12.6 Å². The Labute approximate surface area is 229 Å². The number of carboxylic acid groups (broad SMARTS) is 1. The maximum atomic E-state index is 11.3. The summed E-state index contributed by atoms with van der Waals surface area (Å²) < 4.78 is 5.42. The summed E-state index contributed by atoms with van der Waals surface area (Å²) in [4.78, 5) is 18.3. The number of fused-ring (bicyclic) bond motifs is 1. The summed E-state index contributed by atoms with van der Waals surface area (Å²) in [6.07, 6.45) is 8.98. The van der Waals surface area contributed by atoms with Crippen LogP contribution in [0.4, 0.5) is 0 Å². The van der Waals surface area contributed by atoms with E-state index in [1.807, 2.05) is 36.5 Å². The van der Waals surface area contributed by atoms with Crippen molar-refractivity contribution >= 4 is 40.1 Å². The maximum Gasteiger partial charge on any atom is 0.303 e. The summed E-state index contributed by atoms with van der Waals surface area (Å²) in [5.41, 5.74) is 3.30. The number of pyridine rings is 1. The Kier molecular flexibility index (Phi) is 10.1. The van der Waals surface area contributed by atoms with E-state index in [2.05, 4.69) is 22.0 Å².